The second-order valence-electron chi connectivity index (χ2n) is 5.99. The Morgan fingerprint density at radius 3 is 2.76 bits per heavy atom. The predicted octanol–water partition coefficient (Wildman–Crippen LogP) is 4.91. The molecule has 0 spiro atoms. The van der Waals surface area contributed by atoms with E-state index in [4.69, 9.17) is 11.6 Å². The van der Waals surface area contributed by atoms with Gasteiger partial charge < -0.3 is 10.3 Å². The zero-order valence-corrected chi connectivity index (χ0v) is 16.0. The SMILES string of the molecule is O=C(CSc1nnc2c(n1)[nH]c1ccccc12)Nc1cc(C(F)(F)F)ccc1Cl. The number of thioether (sulfide) groups is 1. The number of anilines is 1. The van der Waals surface area contributed by atoms with E-state index in [1.54, 1.807) is 0 Å². The summed E-state index contributed by atoms with van der Waals surface area (Å²) in [5.41, 5.74) is 0.998. The summed E-state index contributed by atoms with van der Waals surface area (Å²) >= 11 is 6.89. The minimum atomic E-state index is -4.53. The molecular formula is C18H11ClF3N5OS. The number of amides is 1. The molecule has 2 aromatic heterocycles. The fraction of sp³-hybridized carbons (Fsp3) is 0.111. The Kier molecular flexibility index (Phi) is 5.05. The third-order valence-electron chi connectivity index (χ3n) is 4.00. The molecule has 0 aliphatic carbocycles. The first-order chi connectivity index (χ1) is 13.8. The zero-order chi connectivity index (χ0) is 20.6. The Morgan fingerprint density at radius 2 is 1.97 bits per heavy atom. The average Bonchev–Trinajstić information content (AvgIpc) is 3.05. The van der Waals surface area contributed by atoms with Crippen molar-refractivity contribution in [3.05, 3.63) is 53.1 Å². The van der Waals surface area contributed by atoms with Crippen LogP contribution in [-0.2, 0) is 11.0 Å². The fourth-order valence-corrected chi connectivity index (χ4v) is 3.43. The minimum absolute atomic E-state index is 0.00811. The molecule has 6 nitrogen and oxygen atoms in total. The van der Waals surface area contributed by atoms with Gasteiger partial charge in [-0.1, -0.05) is 41.6 Å². The van der Waals surface area contributed by atoms with Gasteiger partial charge in [-0.2, -0.15) is 13.2 Å². The van der Waals surface area contributed by atoms with Crippen LogP contribution in [0.1, 0.15) is 5.56 Å². The summed E-state index contributed by atoms with van der Waals surface area (Å²) in [5, 5.41) is 11.7. The van der Waals surface area contributed by atoms with E-state index in [0.717, 1.165) is 40.9 Å². The molecule has 4 aromatic rings. The van der Waals surface area contributed by atoms with E-state index in [1.807, 2.05) is 24.3 Å². The van der Waals surface area contributed by atoms with Gasteiger partial charge in [-0.15, -0.1) is 10.2 Å². The average molecular weight is 438 g/mol. The van der Waals surface area contributed by atoms with Gasteiger partial charge in [-0.05, 0) is 24.3 Å². The highest BCUT2D eigenvalue weighted by atomic mass is 35.5. The van der Waals surface area contributed by atoms with Gasteiger partial charge >= 0.3 is 6.18 Å². The normalized spacial score (nSPS) is 11.9. The van der Waals surface area contributed by atoms with Gasteiger partial charge in [0.2, 0.25) is 11.1 Å². The minimum Gasteiger partial charge on any atom is -0.338 e. The molecule has 29 heavy (non-hydrogen) atoms. The van der Waals surface area contributed by atoms with Gasteiger partial charge in [0.1, 0.15) is 5.52 Å². The molecule has 0 saturated heterocycles. The van der Waals surface area contributed by atoms with Crippen molar-refractivity contribution in [2.75, 3.05) is 11.1 Å². The maximum atomic E-state index is 12.8. The van der Waals surface area contributed by atoms with Gasteiger partial charge in [0.05, 0.1) is 22.0 Å². The van der Waals surface area contributed by atoms with Crippen molar-refractivity contribution < 1.29 is 18.0 Å². The second-order valence-corrected chi connectivity index (χ2v) is 7.34. The van der Waals surface area contributed by atoms with Crippen LogP contribution in [0.25, 0.3) is 22.1 Å². The van der Waals surface area contributed by atoms with Crippen LogP contribution < -0.4 is 5.32 Å². The summed E-state index contributed by atoms with van der Waals surface area (Å²) in [6.45, 7) is 0. The van der Waals surface area contributed by atoms with E-state index in [9.17, 15) is 18.0 Å². The molecule has 0 saturated carbocycles. The number of aromatic nitrogens is 4. The molecule has 148 valence electrons. The first kappa shape index (κ1) is 19.5. The lowest BCUT2D eigenvalue weighted by Crippen LogP contribution is -2.15. The molecule has 0 unspecified atom stereocenters. The van der Waals surface area contributed by atoms with Crippen LogP contribution >= 0.6 is 23.4 Å². The number of benzene rings is 2. The van der Waals surface area contributed by atoms with E-state index >= 15 is 0 Å². The number of aromatic amines is 1. The number of fused-ring (bicyclic) bond motifs is 3. The van der Waals surface area contributed by atoms with Gasteiger partial charge in [-0.3, -0.25) is 4.79 Å². The Bertz CT molecular complexity index is 1230. The molecular weight excluding hydrogens is 427 g/mol. The van der Waals surface area contributed by atoms with Gasteiger partial charge in [0.15, 0.2) is 5.65 Å². The van der Waals surface area contributed by atoms with Crippen molar-refractivity contribution >= 4 is 57.0 Å². The lowest BCUT2D eigenvalue weighted by molar-refractivity contribution is -0.137. The van der Waals surface area contributed by atoms with E-state index in [-0.39, 0.29) is 21.6 Å². The molecule has 0 atom stereocenters. The summed E-state index contributed by atoms with van der Waals surface area (Å²) in [6.07, 6.45) is -4.53. The summed E-state index contributed by atoms with van der Waals surface area (Å²) in [6, 6.07) is 10.3. The van der Waals surface area contributed by atoms with Gasteiger partial charge in [0.25, 0.3) is 0 Å². The van der Waals surface area contributed by atoms with Crippen molar-refractivity contribution in [2.45, 2.75) is 11.3 Å². The quantitative estimate of drug-likeness (QED) is 0.443. The van der Waals surface area contributed by atoms with Crippen LogP contribution in [0.5, 0.6) is 0 Å². The second kappa shape index (κ2) is 7.53. The summed E-state index contributed by atoms with van der Waals surface area (Å²) in [5.74, 6) is -0.670. The van der Waals surface area contributed by atoms with Crippen molar-refractivity contribution in [1.82, 2.24) is 20.2 Å². The number of nitrogens with one attached hydrogen (secondary N) is 2. The first-order valence-corrected chi connectivity index (χ1v) is 9.58. The third-order valence-corrected chi connectivity index (χ3v) is 5.17. The molecule has 2 heterocycles. The molecule has 0 aliphatic rings. The Labute approximate surface area is 170 Å². The number of para-hydroxylation sites is 1. The largest absolute Gasteiger partial charge is 0.416 e. The summed E-state index contributed by atoms with van der Waals surface area (Å²) in [4.78, 5) is 19.6. The molecule has 1 amide bonds. The fourth-order valence-electron chi connectivity index (χ4n) is 2.68. The van der Waals surface area contributed by atoms with E-state index in [0.29, 0.717) is 11.2 Å². The predicted molar refractivity (Wildman–Crippen MR) is 105 cm³/mol. The lowest BCUT2D eigenvalue weighted by Gasteiger charge is -2.11. The number of alkyl halides is 3. The number of halogens is 4. The molecule has 0 bridgehead atoms. The third kappa shape index (κ3) is 4.13. The molecule has 4 rings (SSSR count). The van der Waals surface area contributed by atoms with Gasteiger partial charge in [0, 0.05) is 10.9 Å². The molecule has 0 aliphatic heterocycles. The van der Waals surface area contributed by atoms with Crippen LogP contribution in [0.3, 0.4) is 0 Å². The zero-order valence-electron chi connectivity index (χ0n) is 14.4. The van der Waals surface area contributed by atoms with Crippen molar-refractivity contribution in [3.8, 4) is 0 Å². The lowest BCUT2D eigenvalue weighted by atomic mass is 10.2. The maximum Gasteiger partial charge on any atom is 0.416 e. The number of rotatable bonds is 4. The van der Waals surface area contributed by atoms with Crippen molar-refractivity contribution in [2.24, 2.45) is 0 Å². The Morgan fingerprint density at radius 1 is 1.17 bits per heavy atom. The highest BCUT2D eigenvalue weighted by molar-refractivity contribution is 7.99. The summed E-state index contributed by atoms with van der Waals surface area (Å²) < 4.78 is 38.5. The highest BCUT2D eigenvalue weighted by Crippen LogP contribution is 2.34. The highest BCUT2D eigenvalue weighted by Gasteiger charge is 2.31. The van der Waals surface area contributed by atoms with Gasteiger partial charge in [-0.25, -0.2) is 4.98 Å². The van der Waals surface area contributed by atoms with E-state index in [1.165, 1.54) is 0 Å². The van der Waals surface area contributed by atoms with Crippen LogP contribution in [0, 0.1) is 0 Å². The Balaban J connectivity index is 1.46. The monoisotopic (exact) mass is 437 g/mol. The number of H-pyrrole nitrogens is 1. The summed E-state index contributed by atoms with van der Waals surface area (Å²) in [7, 11) is 0. The first-order valence-electron chi connectivity index (χ1n) is 8.22. The molecule has 11 heteroatoms. The standard InChI is InChI=1S/C18H11ClF3N5OS/c19-11-6-5-9(18(20,21)22)7-13(11)23-14(28)8-29-17-25-16-15(26-27-17)10-3-1-2-4-12(10)24-16/h1-7H,8H2,(H,23,28)(H,24,25,27). The smallest absolute Gasteiger partial charge is 0.338 e. The van der Waals surface area contributed by atoms with Crippen molar-refractivity contribution in [3.63, 3.8) is 0 Å². The van der Waals surface area contributed by atoms with E-state index in [2.05, 4.69) is 25.5 Å². The van der Waals surface area contributed by atoms with Crippen LogP contribution in [0.15, 0.2) is 47.6 Å². The molecule has 2 aromatic carbocycles. The molecule has 0 fully saturated rings. The number of carbonyl (C=O) groups excluding carboxylic acids is 1. The Hall–Kier alpha value is -2.85. The van der Waals surface area contributed by atoms with Crippen LogP contribution in [0.4, 0.5) is 18.9 Å². The van der Waals surface area contributed by atoms with Crippen molar-refractivity contribution in [1.29, 1.82) is 0 Å². The number of nitrogens with zero attached hydrogens (tertiary/aromatic N) is 3. The maximum absolute atomic E-state index is 12.8. The van der Waals surface area contributed by atoms with Crippen LogP contribution in [0.2, 0.25) is 5.02 Å². The van der Waals surface area contributed by atoms with E-state index < -0.39 is 17.6 Å². The van der Waals surface area contributed by atoms with Crippen LogP contribution in [-0.4, -0.2) is 31.8 Å². The number of hydrogen-bond donors (Lipinski definition) is 2. The topological polar surface area (TPSA) is 83.6 Å². The number of carbonyl (C=O) groups is 1. The molecule has 0 radical (unpaired) electrons. The molecule has 2 N–H and O–H groups in total. The number of hydrogen-bond acceptors (Lipinski definition) is 5.